The van der Waals surface area contributed by atoms with Crippen LogP contribution in [0.3, 0.4) is 0 Å². The fourth-order valence-electron chi connectivity index (χ4n) is 7.11. The van der Waals surface area contributed by atoms with Gasteiger partial charge in [0.05, 0.1) is 25.4 Å². The van der Waals surface area contributed by atoms with Crippen LogP contribution in [0.25, 0.3) is 0 Å². The van der Waals surface area contributed by atoms with Gasteiger partial charge in [-0.05, 0) is 19.3 Å². The highest BCUT2D eigenvalue weighted by atomic mass is 32.3. The van der Waals surface area contributed by atoms with Crippen LogP contribution >= 0.6 is 0 Å². The number of nitrogens with one attached hydrogen (secondary N) is 1. The van der Waals surface area contributed by atoms with E-state index in [-0.39, 0.29) is 6.42 Å². The summed E-state index contributed by atoms with van der Waals surface area (Å²) in [5.41, 5.74) is 0. The van der Waals surface area contributed by atoms with Gasteiger partial charge in [-0.2, -0.15) is 8.42 Å². The SMILES string of the molecule is CCCCCC/C=C/C(O)C(COC1OC(CO)C(O)C(OS(=O)(=O)O)C1O)NC(=O)C(O)CCCCCCCCCCCCCCCCCCCCCCC. The van der Waals surface area contributed by atoms with Gasteiger partial charge in [-0.25, -0.2) is 4.18 Å². The predicted octanol–water partition coefficient (Wildman–Crippen LogP) is 6.97. The molecule has 1 amide bonds. The lowest BCUT2D eigenvalue weighted by molar-refractivity contribution is -0.298. The van der Waals surface area contributed by atoms with Crippen LogP contribution in [0.5, 0.6) is 0 Å². The third-order valence-corrected chi connectivity index (χ3v) is 11.1. The number of amides is 1. The summed E-state index contributed by atoms with van der Waals surface area (Å²) in [5.74, 6) is -0.705. The molecule has 13 nitrogen and oxygen atoms in total. The number of rotatable bonds is 37. The molecule has 8 atom stereocenters. The van der Waals surface area contributed by atoms with E-state index in [1.165, 1.54) is 115 Å². The molecule has 1 aliphatic heterocycles. The van der Waals surface area contributed by atoms with E-state index >= 15 is 0 Å². The minimum absolute atomic E-state index is 0.247. The molecule has 1 aliphatic rings. The van der Waals surface area contributed by atoms with Crippen LogP contribution in [0.1, 0.15) is 187 Å². The topological polar surface area (TPSA) is 212 Å². The number of carbonyl (C=O) groups excluding carboxylic acids is 1. The van der Waals surface area contributed by atoms with E-state index in [0.717, 1.165) is 44.9 Å². The number of aliphatic hydroxyl groups is 5. The molecular formula is C42H81NO12S. The molecule has 1 rings (SSSR count). The maximum absolute atomic E-state index is 13.0. The second-order valence-electron chi connectivity index (χ2n) is 15.8. The molecule has 1 fully saturated rings. The van der Waals surface area contributed by atoms with E-state index in [1.807, 2.05) is 0 Å². The van der Waals surface area contributed by atoms with Gasteiger partial charge in [0.2, 0.25) is 5.91 Å². The van der Waals surface area contributed by atoms with Gasteiger partial charge in [0, 0.05) is 0 Å². The number of ether oxygens (including phenoxy) is 2. The summed E-state index contributed by atoms with van der Waals surface area (Å²) in [5, 5.41) is 54.7. The van der Waals surface area contributed by atoms with Crippen LogP contribution in [-0.4, -0.2) is 107 Å². The first-order valence-electron chi connectivity index (χ1n) is 22.2. The van der Waals surface area contributed by atoms with E-state index in [9.17, 15) is 38.7 Å². The van der Waals surface area contributed by atoms with Crippen molar-refractivity contribution in [2.75, 3.05) is 13.2 Å². The van der Waals surface area contributed by atoms with Crippen LogP contribution in [0.15, 0.2) is 12.2 Å². The maximum atomic E-state index is 13.0. The van der Waals surface area contributed by atoms with E-state index in [4.69, 9.17) is 14.0 Å². The first-order chi connectivity index (χ1) is 26.9. The van der Waals surface area contributed by atoms with Gasteiger partial charge in [0.15, 0.2) is 6.29 Å². The normalized spacial score (nSPS) is 22.0. The predicted molar refractivity (Wildman–Crippen MR) is 219 cm³/mol. The number of aliphatic hydroxyl groups excluding tert-OH is 5. The lowest BCUT2D eigenvalue weighted by atomic mass is 9.99. The molecule has 0 radical (unpaired) electrons. The minimum Gasteiger partial charge on any atom is -0.394 e. The second kappa shape index (κ2) is 33.6. The summed E-state index contributed by atoms with van der Waals surface area (Å²) in [6.45, 7) is 3.11. The zero-order valence-electron chi connectivity index (χ0n) is 34.8. The van der Waals surface area contributed by atoms with Crippen LogP contribution in [0.4, 0.5) is 0 Å². The Morgan fingerprint density at radius 1 is 0.714 bits per heavy atom. The highest BCUT2D eigenvalue weighted by Crippen LogP contribution is 2.26. The fourth-order valence-corrected chi connectivity index (χ4v) is 7.62. The average molecular weight is 824 g/mol. The van der Waals surface area contributed by atoms with E-state index < -0.39 is 78.5 Å². The minimum atomic E-state index is -5.11. The first kappa shape index (κ1) is 52.8. The van der Waals surface area contributed by atoms with Crippen molar-refractivity contribution in [3.05, 3.63) is 12.2 Å². The summed E-state index contributed by atoms with van der Waals surface area (Å²) in [6.07, 6.45) is 23.6. The van der Waals surface area contributed by atoms with Crippen molar-refractivity contribution in [3.8, 4) is 0 Å². The molecule has 56 heavy (non-hydrogen) atoms. The number of hydrogen-bond acceptors (Lipinski definition) is 11. The monoisotopic (exact) mass is 824 g/mol. The molecule has 0 aliphatic carbocycles. The first-order valence-corrected chi connectivity index (χ1v) is 23.5. The Bertz CT molecular complexity index is 1080. The molecule has 0 aromatic rings. The molecule has 8 unspecified atom stereocenters. The molecule has 1 heterocycles. The van der Waals surface area contributed by atoms with Crippen LogP contribution in [-0.2, 0) is 28.9 Å². The smallest absolute Gasteiger partial charge is 0.394 e. The molecule has 7 N–H and O–H groups in total. The largest absolute Gasteiger partial charge is 0.397 e. The highest BCUT2D eigenvalue weighted by Gasteiger charge is 2.48. The van der Waals surface area contributed by atoms with E-state index in [2.05, 4.69) is 23.3 Å². The van der Waals surface area contributed by atoms with Crippen molar-refractivity contribution in [3.63, 3.8) is 0 Å². The molecule has 0 spiro atoms. The molecule has 0 aromatic heterocycles. The molecule has 0 bridgehead atoms. The van der Waals surface area contributed by atoms with Crippen molar-refractivity contribution in [2.24, 2.45) is 0 Å². The van der Waals surface area contributed by atoms with Crippen LogP contribution < -0.4 is 5.32 Å². The lowest BCUT2D eigenvalue weighted by Crippen LogP contribution is -2.61. The molecule has 0 saturated carbocycles. The molecule has 0 aromatic carbocycles. The number of carbonyl (C=O) groups is 1. The highest BCUT2D eigenvalue weighted by molar-refractivity contribution is 7.80. The fraction of sp³-hybridized carbons (Fsp3) is 0.929. The van der Waals surface area contributed by atoms with Crippen LogP contribution in [0.2, 0.25) is 0 Å². The quantitative estimate of drug-likeness (QED) is 0.0192. The van der Waals surface area contributed by atoms with Gasteiger partial charge >= 0.3 is 10.4 Å². The standard InChI is InChI=1S/C42H81NO12S/c1-3-5-7-9-11-12-13-14-15-16-17-18-19-20-21-22-23-24-25-27-29-31-36(46)41(49)43-34(35(45)30-28-26-10-8-6-4-2)33-53-42-39(48)40(55-56(50,51)52)38(47)37(32-44)54-42/h28,30,34-40,42,44-48H,3-27,29,31-33H2,1-2H3,(H,43,49)(H,50,51,52)/b30-28+. The number of allylic oxidation sites excluding steroid dienone is 1. The summed E-state index contributed by atoms with van der Waals surface area (Å²) in [4.78, 5) is 13.0. The van der Waals surface area contributed by atoms with E-state index in [1.54, 1.807) is 6.08 Å². The number of hydrogen-bond donors (Lipinski definition) is 7. The van der Waals surface area contributed by atoms with Crippen molar-refractivity contribution in [2.45, 2.75) is 236 Å². The van der Waals surface area contributed by atoms with Gasteiger partial charge in [0.1, 0.15) is 30.5 Å². The Balaban J connectivity index is 2.40. The Labute approximate surface area is 339 Å². The third-order valence-electron chi connectivity index (χ3n) is 10.7. The number of unbranched alkanes of at least 4 members (excludes halogenated alkanes) is 24. The van der Waals surface area contributed by atoms with Crippen molar-refractivity contribution >= 4 is 16.3 Å². The third kappa shape index (κ3) is 26.0. The molecule has 1 saturated heterocycles. The summed E-state index contributed by atoms with van der Waals surface area (Å²) >= 11 is 0. The Kier molecular flexibility index (Phi) is 31.7. The van der Waals surface area contributed by atoms with Crippen LogP contribution in [0, 0.1) is 0 Å². The zero-order chi connectivity index (χ0) is 41.4. The molecular weight excluding hydrogens is 743 g/mol. The van der Waals surface area contributed by atoms with Crippen molar-refractivity contribution < 1.29 is 57.0 Å². The zero-order valence-corrected chi connectivity index (χ0v) is 35.6. The summed E-state index contributed by atoms with van der Waals surface area (Å²) in [6, 6.07) is -1.11. The summed E-state index contributed by atoms with van der Waals surface area (Å²) < 4.78 is 47.2. The summed E-state index contributed by atoms with van der Waals surface area (Å²) in [7, 11) is -5.11. The molecule has 332 valence electrons. The Morgan fingerprint density at radius 3 is 1.61 bits per heavy atom. The molecule has 14 heteroatoms. The lowest BCUT2D eigenvalue weighted by Gasteiger charge is -2.41. The van der Waals surface area contributed by atoms with Crippen molar-refractivity contribution in [1.29, 1.82) is 0 Å². The Hall–Kier alpha value is -1.20. The van der Waals surface area contributed by atoms with Gasteiger partial charge < -0.3 is 40.3 Å². The van der Waals surface area contributed by atoms with Gasteiger partial charge in [-0.15, -0.1) is 0 Å². The van der Waals surface area contributed by atoms with E-state index in [0.29, 0.717) is 12.8 Å². The Morgan fingerprint density at radius 2 is 1.16 bits per heavy atom. The average Bonchev–Trinajstić information content (AvgIpc) is 3.16. The van der Waals surface area contributed by atoms with Gasteiger partial charge in [-0.1, -0.05) is 180 Å². The maximum Gasteiger partial charge on any atom is 0.397 e. The van der Waals surface area contributed by atoms with Gasteiger partial charge in [0.25, 0.3) is 0 Å². The van der Waals surface area contributed by atoms with Crippen molar-refractivity contribution in [1.82, 2.24) is 5.32 Å². The second-order valence-corrected chi connectivity index (χ2v) is 16.8. The van der Waals surface area contributed by atoms with Gasteiger partial charge in [-0.3, -0.25) is 9.35 Å².